The van der Waals surface area contributed by atoms with E-state index in [1.807, 2.05) is 0 Å². The second-order valence-electron chi connectivity index (χ2n) is 3.68. The van der Waals surface area contributed by atoms with Crippen LogP contribution in [0.1, 0.15) is 12.6 Å². The molecular formula is C12H10N2O4. The molecule has 0 N–H and O–H groups in total. The van der Waals surface area contributed by atoms with Crippen LogP contribution >= 0.6 is 0 Å². The highest BCUT2D eigenvalue weighted by Gasteiger charge is 2.12. The molecule has 0 aliphatic carbocycles. The number of aromatic nitrogens is 1. The zero-order chi connectivity index (χ0) is 13.1. The van der Waals surface area contributed by atoms with Gasteiger partial charge in [-0.15, -0.1) is 0 Å². The monoisotopic (exact) mass is 246 g/mol. The Morgan fingerprint density at radius 2 is 2.17 bits per heavy atom. The maximum Gasteiger partial charge on any atom is 0.303 e. The first-order valence-electron chi connectivity index (χ1n) is 5.24. The minimum Gasteiger partial charge on any atom is -0.459 e. The standard InChI is InChI=1S/C12H10N2O4/c1-8(15)18-7-9-5-6-10-11(13-9)3-2-4-12(10)14(16)17/h2-6H,7H2,1H3. The third-order valence-electron chi connectivity index (χ3n) is 2.39. The van der Waals surface area contributed by atoms with E-state index in [1.54, 1.807) is 24.3 Å². The van der Waals surface area contributed by atoms with Crippen molar-refractivity contribution in [3.63, 3.8) is 0 Å². The van der Waals surface area contributed by atoms with Crippen molar-refractivity contribution < 1.29 is 14.5 Å². The lowest BCUT2D eigenvalue weighted by Gasteiger charge is -2.03. The van der Waals surface area contributed by atoms with Crippen molar-refractivity contribution in [3.05, 3.63) is 46.1 Å². The predicted octanol–water partition coefficient (Wildman–Crippen LogP) is 2.21. The smallest absolute Gasteiger partial charge is 0.303 e. The van der Waals surface area contributed by atoms with Gasteiger partial charge in [-0.05, 0) is 18.2 Å². The quantitative estimate of drug-likeness (QED) is 0.471. The van der Waals surface area contributed by atoms with Crippen LogP contribution in [0, 0.1) is 10.1 Å². The van der Waals surface area contributed by atoms with E-state index >= 15 is 0 Å². The lowest BCUT2D eigenvalue weighted by molar-refractivity contribution is -0.383. The minimum atomic E-state index is -0.449. The number of nitro benzene ring substituents is 1. The molecule has 0 spiro atoms. The maximum atomic E-state index is 10.8. The fourth-order valence-corrected chi connectivity index (χ4v) is 1.60. The molecule has 6 nitrogen and oxygen atoms in total. The van der Waals surface area contributed by atoms with E-state index in [-0.39, 0.29) is 12.3 Å². The van der Waals surface area contributed by atoms with Crippen LogP contribution in [-0.4, -0.2) is 15.9 Å². The van der Waals surface area contributed by atoms with Crippen molar-refractivity contribution in [1.29, 1.82) is 0 Å². The summed E-state index contributed by atoms with van der Waals surface area (Å²) in [6.45, 7) is 1.37. The van der Waals surface area contributed by atoms with Crippen molar-refractivity contribution in [2.75, 3.05) is 0 Å². The SMILES string of the molecule is CC(=O)OCc1ccc2c([N+](=O)[O-])cccc2n1. The van der Waals surface area contributed by atoms with Gasteiger partial charge in [-0.25, -0.2) is 4.98 Å². The fraction of sp³-hybridized carbons (Fsp3) is 0.167. The normalized spacial score (nSPS) is 10.3. The number of pyridine rings is 1. The number of fused-ring (bicyclic) bond motifs is 1. The Kier molecular flexibility index (Phi) is 3.18. The van der Waals surface area contributed by atoms with Crippen molar-refractivity contribution in [1.82, 2.24) is 4.98 Å². The van der Waals surface area contributed by atoms with Crippen LogP contribution in [0.25, 0.3) is 10.9 Å². The number of hydrogen-bond donors (Lipinski definition) is 0. The number of esters is 1. The van der Waals surface area contributed by atoms with E-state index in [4.69, 9.17) is 4.74 Å². The molecule has 0 amide bonds. The third-order valence-corrected chi connectivity index (χ3v) is 2.39. The highest BCUT2D eigenvalue weighted by Crippen LogP contribution is 2.24. The van der Waals surface area contributed by atoms with Gasteiger partial charge < -0.3 is 4.74 Å². The van der Waals surface area contributed by atoms with E-state index in [0.717, 1.165) is 0 Å². The van der Waals surface area contributed by atoms with Crippen LogP contribution in [-0.2, 0) is 16.1 Å². The zero-order valence-corrected chi connectivity index (χ0v) is 9.62. The molecule has 6 heteroatoms. The molecule has 0 saturated carbocycles. The van der Waals surface area contributed by atoms with Gasteiger partial charge in [0.25, 0.3) is 5.69 Å². The predicted molar refractivity (Wildman–Crippen MR) is 63.9 cm³/mol. The van der Waals surface area contributed by atoms with Crippen LogP contribution in [0.3, 0.4) is 0 Å². The largest absolute Gasteiger partial charge is 0.459 e. The number of carbonyl (C=O) groups is 1. The molecule has 2 aromatic rings. The molecule has 0 unspecified atom stereocenters. The van der Waals surface area contributed by atoms with Crippen LogP contribution < -0.4 is 0 Å². The summed E-state index contributed by atoms with van der Waals surface area (Å²) in [4.78, 5) is 25.3. The van der Waals surface area contributed by atoms with Gasteiger partial charge in [-0.1, -0.05) is 6.07 Å². The Morgan fingerprint density at radius 1 is 1.39 bits per heavy atom. The van der Waals surface area contributed by atoms with E-state index in [9.17, 15) is 14.9 Å². The van der Waals surface area contributed by atoms with Gasteiger partial charge in [-0.3, -0.25) is 14.9 Å². The average Bonchev–Trinajstić information content (AvgIpc) is 2.35. The molecule has 2 rings (SSSR count). The van der Waals surface area contributed by atoms with Gasteiger partial charge in [0.05, 0.1) is 21.5 Å². The fourth-order valence-electron chi connectivity index (χ4n) is 1.60. The zero-order valence-electron chi connectivity index (χ0n) is 9.62. The first-order chi connectivity index (χ1) is 8.58. The molecule has 92 valence electrons. The summed E-state index contributed by atoms with van der Waals surface area (Å²) in [5.74, 6) is -0.393. The molecule has 0 bridgehead atoms. The number of hydrogen-bond acceptors (Lipinski definition) is 5. The Balaban J connectivity index is 2.41. The molecule has 1 heterocycles. The van der Waals surface area contributed by atoms with Gasteiger partial charge in [-0.2, -0.15) is 0 Å². The number of nitrogens with zero attached hydrogens (tertiary/aromatic N) is 2. The summed E-state index contributed by atoms with van der Waals surface area (Å²) in [7, 11) is 0. The van der Waals surface area contributed by atoms with Crippen molar-refractivity contribution >= 4 is 22.6 Å². The molecular weight excluding hydrogens is 236 g/mol. The van der Waals surface area contributed by atoms with E-state index in [2.05, 4.69) is 4.98 Å². The third kappa shape index (κ3) is 2.42. The Bertz CT molecular complexity index is 625. The lowest BCUT2D eigenvalue weighted by Crippen LogP contribution is -2.01. The Morgan fingerprint density at radius 3 is 2.83 bits per heavy atom. The molecule has 18 heavy (non-hydrogen) atoms. The van der Waals surface area contributed by atoms with E-state index < -0.39 is 10.9 Å². The van der Waals surface area contributed by atoms with Gasteiger partial charge in [0.2, 0.25) is 0 Å². The Hall–Kier alpha value is -2.50. The number of benzene rings is 1. The van der Waals surface area contributed by atoms with Crippen molar-refractivity contribution in [3.8, 4) is 0 Å². The summed E-state index contributed by atoms with van der Waals surface area (Å²) in [5, 5.41) is 11.3. The van der Waals surface area contributed by atoms with Gasteiger partial charge in [0.15, 0.2) is 0 Å². The summed E-state index contributed by atoms with van der Waals surface area (Å²) >= 11 is 0. The highest BCUT2D eigenvalue weighted by atomic mass is 16.6. The van der Waals surface area contributed by atoms with Crippen LogP contribution in [0.15, 0.2) is 30.3 Å². The summed E-state index contributed by atoms with van der Waals surface area (Å²) in [5.41, 5.74) is 1.08. The molecule has 1 aromatic carbocycles. The van der Waals surface area contributed by atoms with Crippen LogP contribution in [0.2, 0.25) is 0 Å². The summed E-state index contributed by atoms with van der Waals surface area (Å²) < 4.78 is 4.82. The molecule has 0 aliphatic rings. The van der Waals surface area contributed by atoms with E-state index in [0.29, 0.717) is 16.6 Å². The van der Waals surface area contributed by atoms with Gasteiger partial charge >= 0.3 is 5.97 Å². The topological polar surface area (TPSA) is 82.3 Å². The molecule has 0 atom stereocenters. The number of non-ortho nitro benzene ring substituents is 1. The van der Waals surface area contributed by atoms with Gasteiger partial charge in [0, 0.05) is 13.0 Å². The molecule has 0 radical (unpaired) electrons. The highest BCUT2D eigenvalue weighted by molar-refractivity contribution is 5.87. The van der Waals surface area contributed by atoms with Gasteiger partial charge in [0.1, 0.15) is 6.61 Å². The lowest BCUT2D eigenvalue weighted by atomic mass is 10.1. The first kappa shape index (κ1) is 12.0. The van der Waals surface area contributed by atoms with Crippen molar-refractivity contribution in [2.24, 2.45) is 0 Å². The maximum absolute atomic E-state index is 10.8. The number of nitro groups is 1. The van der Waals surface area contributed by atoms with Crippen LogP contribution in [0.5, 0.6) is 0 Å². The minimum absolute atomic E-state index is 0.0130. The molecule has 1 aromatic heterocycles. The second kappa shape index (κ2) is 4.79. The molecule has 0 saturated heterocycles. The summed E-state index contributed by atoms with van der Waals surface area (Å²) in [6.07, 6.45) is 0. The van der Waals surface area contributed by atoms with Crippen molar-refractivity contribution in [2.45, 2.75) is 13.5 Å². The van der Waals surface area contributed by atoms with E-state index in [1.165, 1.54) is 13.0 Å². The second-order valence-corrected chi connectivity index (χ2v) is 3.68. The number of rotatable bonds is 3. The Labute approximate surface area is 102 Å². The summed E-state index contributed by atoms with van der Waals surface area (Å²) in [6, 6.07) is 7.90. The molecule has 0 aliphatic heterocycles. The molecule has 0 fully saturated rings. The first-order valence-corrected chi connectivity index (χ1v) is 5.24. The number of ether oxygens (including phenoxy) is 1. The number of carbonyl (C=O) groups excluding carboxylic acids is 1. The van der Waals surface area contributed by atoms with Crippen LogP contribution in [0.4, 0.5) is 5.69 Å². The average molecular weight is 246 g/mol.